The Hall–Kier alpha value is -0.640. The Morgan fingerprint density at radius 1 is 0.667 bits per heavy atom. The van der Waals surface area contributed by atoms with Crippen molar-refractivity contribution in [3.8, 4) is 0 Å². The van der Waals surface area contributed by atoms with Crippen molar-refractivity contribution in [2.24, 2.45) is 52.8 Å². The van der Waals surface area contributed by atoms with Crippen LogP contribution in [0.15, 0.2) is 0 Å². The highest BCUT2D eigenvalue weighted by molar-refractivity contribution is 5.14. The summed E-state index contributed by atoms with van der Waals surface area (Å²) in [6.45, 7) is 5.24. The van der Waals surface area contributed by atoms with Crippen molar-refractivity contribution in [3.05, 3.63) is 0 Å². The van der Waals surface area contributed by atoms with Gasteiger partial charge in [0.25, 0.3) is 0 Å². The third-order valence-electron chi connectivity index (χ3n) is 15.7. The molecule has 10 N–H and O–H groups in total. The molecule has 16 heteroatoms. The smallest absolute Gasteiger partial charge is 0.200 e. The largest absolute Gasteiger partial charge is 0.394 e. The number of aliphatic hydroxyl groups excluding tert-OH is 10. The summed E-state index contributed by atoms with van der Waals surface area (Å²) in [5.41, 5.74) is -0.162. The van der Waals surface area contributed by atoms with E-state index in [1.54, 1.807) is 0 Å². The molecule has 0 aromatic carbocycles. The zero-order chi connectivity index (χ0) is 38.6. The summed E-state index contributed by atoms with van der Waals surface area (Å²) in [4.78, 5) is 0. The predicted octanol–water partition coefficient (Wildman–Crippen LogP) is -2.04. The van der Waals surface area contributed by atoms with Gasteiger partial charge in [0.05, 0.1) is 44.2 Å². The second-order valence-corrected chi connectivity index (χ2v) is 18.3. The van der Waals surface area contributed by atoms with Crippen LogP contribution in [0.1, 0.15) is 65.7 Å². The molecule has 0 bridgehead atoms. The van der Waals surface area contributed by atoms with Gasteiger partial charge in [0.15, 0.2) is 18.4 Å². The molecule has 8 fully saturated rings. The SMILES string of the molecule is C[C@H]1CO[C@@]2(O[C@H]3C[C@@H]4[C@@H](CC[C@H]5[C@H]4C[C@H](O[C@@H]4O[C@H](CO)[C@@H](O)[C@H](O)[C@H]4O)[C@H]4C[C@@H](O)CC[C@@]45C)[C@H]3[C@@H]2C)[C@@H](O)[C@@H]1O[C@@H]1O[C@H](CO)[C@@H](O)[C@H](O)[C@H]1O. The van der Waals surface area contributed by atoms with Crippen molar-refractivity contribution in [2.75, 3.05) is 19.8 Å². The summed E-state index contributed by atoms with van der Waals surface area (Å²) in [6, 6.07) is 0. The van der Waals surface area contributed by atoms with Crippen molar-refractivity contribution >= 4 is 0 Å². The normalized spacial score (nSPS) is 60.1. The summed E-state index contributed by atoms with van der Waals surface area (Å²) < 4.78 is 37.5. The van der Waals surface area contributed by atoms with Crippen LogP contribution in [-0.2, 0) is 28.4 Å². The molecule has 0 aromatic rings. The Balaban J connectivity index is 1.01. The number of fused-ring (bicyclic) bond motifs is 7. The van der Waals surface area contributed by atoms with Crippen LogP contribution in [0, 0.1) is 52.8 Å². The molecule has 4 aliphatic carbocycles. The van der Waals surface area contributed by atoms with Crippen LogP contribution >= 0.6 is 0 Å². The van der Waals surface area contributed by atoms with Crippen molar-refractivity contribution in [1.82, 2.24) is 0 Å². The highest BCUT2D eigenvalue weighted by Crippen LogP contribution is 2.67. The molecule has 0 radical (unpaired) electrons. The van der Waals surface area contributed by atoms with E-state index in [1.807, 2.05) is 6.92 Å². The van der Waals surface area contributed by atoms with Crippen LogP contribution in [0.5, 0.6) is 0 Å². The molecule has 1 spiro atoms. The maximum absolute atomic E-state index is 12.0. The molecular formula is C38H62O16. The second-order valence-electron chi connectivity index (χ2n) is 18.3. The fourth-order valence-electron chi connectivity index (χ4n) is 12.9. The maximum Gasteiger partial charge on any atom is 0.200 e. The Labute approximate surface area is 315 Å². The Morgan fingerprint density at radius 3 is 1.93 bits per heavy atom. The van der Waals surface area contributed by atoms with Crippen molar-refractivity contribution in [2.45, 2.75) is 163 Å². The highest BCUT2D eigenvalue weighted by Gasteiger charge is 2.69. The fraction of sp³-hybridized carbons (Fsp3) is 1.00. The van der Waals surface area contributed by atoms with Crippen molar-refractivity contribution < 1.29 is 79.5 Å². The lowest BCUT2D eigenvalue weighted by Crippen LogP contribution is -2.65. The molecule has 54 heavy (non-hydrogen) atoms. The zero-order valence-electron chi connectivity index (χ0n) is 31.3. The van der Waals surface area contributed by atoms with E-state index in [0.29, 0.717) is 25.2 Å². The summed E-state index contributed by atoms with van der Waals surface area (Å²) in [5.74, 6) is -0.819. The van der Waals surface area contributed by atoms with Crippen molar-refractivity contribution in [1.29, 1.82) is 0 Å². The summed E-state index contributed by atoms with van der Waals surface area (Å²) in [6.07, 6.45) is -12.2. The lowest BCUT2D eigenvalue weighted by molar-refractivity contribution is -0.374. The topological polar surface area (TPSA) is 258 Å². The third kappa shape index (κ3) is 6.16. The van der Waals surface area contributed by atoms with Crippen molar-refractivity contribution in [3.63, 3.8) is 0 Å². The minimum Gasteiger partial charge on any atom is -0.394 e. The lowest BCUT2D eigenvalue weighted by Gasteiger charge is -2.61. The van der Waals surface area contributed by atoms with Gasteiger partial charge in [-0.05, 0) is 85.9 Å². The van der Waals surface area contributed by atoms with Crippen LogP contribution < -0.4 is 0 Å². The standard InChI is InChI=1S/C38H62O16/c1-14-13-49-38(34(48)33(14)53-36-32(47)30(45)28(43)25(12-40)52-36)15(2)26-17-4-5-20-19(18(17)9-23(26)54-38)10-22(21-8-16(41)6-7-37(20,21)3)50-35-31(46)29(44)27(42)24(11-39)51-35/h14-36,39-48H,4-13H2,1-3H3/t14-,15-,16-,17+,18+,19-,20-,21+,22-,23-,24+,25+,26+,27+,28+,29-,30-,31+,32+,33+,34-,35+,36-,37+,38-/m0/s1. The van der Waals surface area contributed by atoms with E-state index in [0.717, 1.165) is 25.7 Å². The van der Waals surface area contributed by atoms with Crippen LogP contribution in [0.4, 0.5) is 0 Å². The monoisotopic (exact) mass is 774 g/mol. The molecule has 4 aliphatic heterocycles. The number of hydrogen-bond acceptors (Lipinski definition) is 16. The average Bonchev–Trinajstić information content (AvgIpc) is 3.66. The predicted molar refractivity (Wildman–Crippen MR) is 183 cm³/mol. The molecule has 0 unspecified atom stereocenters. The number of aliphatic hydroxyl groups is 10. The first-order valence-electron chi connectivity index (χ1n) is 20.2. The van der Waals surface area contributed by atoms with Gasteiger partial charge in [-0.15, -0.1) is 0 Å². The number of ether oxygens (including phenoxy) is 6. The average molecular weight is 775 g/mol. The molecule has 8 aliphatic rings. The van der Waals surface area contributed by atoms with Gasteiger partial charge in [0.1, 0.15) is 54.9 Å². The summed E-state index contributed by atoms with van der Waals surface area (Å²) in [7, 11) is 0. The van der Waals surface area contributed by atoms with Gasteiger partial charge in [0, 0.05) is 11.8 Å². The summed E-state index contributed by atoms with van der Waals surface area (Å²) >= 11 is 0. The number of hydrogen-bond donors (Lipinski definition) is 10. The van der Waals surface area contributed by atoms with Crippen LogP contribution in [0.3, 0.4) is 0 Å². The van der Waals surface area contributed by atoms with Crippen LogP contribution in [0.2, 0.25) is 0 Å². The van der Waals surface area contributed by atoms with E-state index in [9.17, 15) is 51.1 Å². The van der Waals surface area contributed by atoms with E-state index in [-0.39, 0.29) is 59.6 Å². The Bertz CT molecular complexity index is 1320. The fourth-order valence-corrected chi connectivity index (χ4v) is 12.9. The third-order valence-corrected chi connectivity index (χ3v) is 15.7. The lowest BCUT2D eigenvalue weighted by atomic mass is 9.46. The minimum atomic E-state index is -1.62. The van der Waals surface area contributed by atoms with Crippen LogP contribution in [-0.4, -0.2) is 169 Å². The van der Waals surface area contributed by atoms with E-state index in [4.69, 9.17) is 28.4 Å². The molecule has 4 saturated heterocycles. The number of rotatable bonds is 6. The second kappa shape index (κ2) is 14.9. The Kier molecular flexibility index (Phi) is 11.1. The van der Waals surface area contributed by atoms with Gasteiger partial charge in [-0.25, -0.2) is 0 Å². The van der Waals surface area contributed by atoms with Gasteiger partial charge >= 0.3 is 0 Å². The molecular weight excluding hydrogens is 712 g/mol. The molecule has 4 heterocycles. The van der Waals surface area contributed by atoms with Crippen LogP contribution in [0.25, 0.3) is 0 Å². The first kappa shape index (κ1) is 40.2. The van der Waals surface area contributed by atoms with Gasteiger partial charge in [-0.2, -0.15) is 0 Å². The molecule has 16 nitrogen and oxygen atoms in total. The van der Waals surface area contributed by atoms with E-state index in [1.165, 1.54) is 0 Å². The van der Waals surface area contributed by atoms with Gasteiger partial charge in [-0.1, -0.05) is 20.8 Å². The zero-order valence-corrected chi connectivity index (χ0v) is 31.3. The maximum atomic E-state index is 12.0. The minimum absolute atomic E-state index is 0.0285. The van der Waals surface area contributed by atoms with Gasteiger partial charge in [-0.3, -0.25) is 0 Å². The highest BCUT2D eigenvalue weighted by atomic mass is 16.7. The molecule has 310 valence electrons. The quantitative estimate of drug-likeness (QED) is 0.131. The molecule has 25 atom stereocenters. The first-order valence-corrected chi connectivity index (χ1v) is 20.2. The van der Waals surface area contributed by atoms with E-state index >= 15 is 0 Å². The molecule has 0 aromatic heterocycles. The Morgan fingerprint density at radius 2 is 1.30 bits per heavy atom. The van der Waals surface area contributed by atoms with Gasteiger partial charge < -0.3 is 79.5 Å². The summed E-state index contributed by atoms with van der Waals surface area (Å²) in [5, 5.41) is 106. The molecule has 0 amide bonds. The van der Waals surface area contributed by atoms with Gasteiger partial charge in [0.2, 0.25) is 0 Å². The van der Waals surface area contributed by atoms with E-state index < -0.39 is 105 Å². The molecule has 8 rings (SSSR count). The van der Waals surface area contributed by atoms with E-state index in [2.05, 4.69) is 13.8 Å². The molecule has 4 saturated carbocycles. The first-order chi connectivity index (χ1) is 25.6.